The lowest BCUT2D eigenvalue weighted by Crippen LogP contribution is -2.11. The highest BCUT2D eigenvalue weighted by Gasteiger charge is 1.96. The molecule has 0 aliphatic carbocycles. The summed E-state index contributed by atoms with van der Waals surface area (Å²) in [7, 11) is 0. The van der Waals surface area contributed by atoms with Gasteiger partial charge < -0.3 is 9.84 Å². The second-order valence-electron chi connectivity index (χ2n) is 2.09. The number of aliphatic hydroxyl groups excluding tert-OH is 1. The van der Waals surface area contributed by atoms with Crippen LogP contribution in [0.2, 0.25) is 0 Å². The molecule has 56 valence electrons. The van der Waals surface area contributed by atoms with E-state index in [-0.39, 0.29) is 6.10 Å². The van der Waals surface area contributed by atoms with E-state index < -0.39 is 0 Å². The fourth-order valence-corrected chi connectivity index (χ4v) is 1.13. The summed E-state index contributed by atoms with van der Waals surface area (Å²) in [6.45, 7) is 2.08. The molecule has 3 heteroatoms. The van der Waals surface area contributed by atoms with Crippen molar-refractivity contribution in [1.82, 2.24) is 0 Å². The molecule has 0 amide bonds. The zero-order valence-electron chi connectivity index (χ0n) is 5.78. The molecule has 0 radical (unpaired) electrons. The molecule has 0 bridgehead atoms. The van der Waals surface area contributed by atoms with E-state index in [1.807, 2.05) is 17.5 Å². The van der Waals surface area contributed by atoms with Gasteiger partial charge >= 0.3 is 0 Å². The molecule has 2 nitrogen and oxygen atoms in total. The van der Waals surface area contributed by atoms with Gasteiger partial charge in [-0.15, -0.1) is 11.3 Å². The highest BCUT2D eigenvalue weighted by Crippen LogP contribution is 2.17. The number of ether oxygens (including phenoxy) is 1. The van der Waals surface area contributed by atoms with E-state index in [0.29, 0.717) is 6.61 Å². The van der Waals surface area contributed by atoms with E-state index in [9.17, 15) is 0 Å². The van der Waals surface area contributed by atoms with Crippen molar-refractivity contribution in [2.45, 2.75) is 13.0 Å². The van der Waals surface area contributed by atoms with Gasteiger partial charge in [0.2, 0.25) is 0 Å². The quantitative estimate of drug-likeness (QED) is 0.722. The van der Waals surface area contributed by atoms with Crippen molar-refractivity contribution in [2.24, 2.45) is 0 Å². The molecule has 1 N–H and O–H groups in total. The Balaban J connectivity index is 2.28. The largest absolute Gasteiger partial charge is 0.481 e. The number of hydrogen-bond acceptors (Lipinski definition) is 3. The number of hydrogen-bond donors (Lipinski definition) is 1. The molecule has 0 spiro atoms. The molecule has 0 aromatic carbocycles. The Hall–Kier alpha value is -0.540. The lowest BCUT2D eigenvalue weighted by atomic mass is 10.4. The minimum absolute atomic E-state index is 0.376. The molecular weight excluding hydrogens is 148 g/mol. The average molecular weight is 158 g/mol. The van der Waals surface area contributed by atoms with E-state index in [0.717, 1.165) is 5.06 Å². The lowest BCUT2D eigenvalue weighted by molar-refractivity contribution is 0.125. The van der Waals surface area contributed by atoms with Gasteiger partial charge in [-0.3, -0.25) is 0 Å². The minimum Gasteiger partial charge on any atom is -0.481 e. The summed E-state index contributed by atoms with van der Waals surface area (Å²) in [5.74, 6) is 0. The van der Waals surface area contributed by atoms with E-state index in [1.54, 1.807) is 6.92 Å². The van der Waals surface area contributed by atoms with Crippen molar-refractivity contribution < 1.29 is 9.84 Å². The first kappa shape index (κ1) is 7.57. The van der Waals surface area contributed by atoms with Gasteiger partial charge in [-0.1, -0.05) is 0 Å². The van der Waals surface area contributed by atoms with Crippen LogP contribution in [0.15, 0.2) is 17.5 Å². The molecule has 1 atom stereocenters. The third-order valence-corrected chi connectivity index (χ3v) is 1.74. The summed E-state index contributed by atoms with van der Waals surface area (Å²) in [6, 6.07) is 3.80. The number of rotatable bonds is 3. The van der Waals surface area contributed by atoms with Crippen molar-refractivity contribution in [3.8, 4) is 5.06 Å². The molecule has 10 heavy (non-hydrogen) atoms. The van der Waals surface area contributed by atoms with Crippen molar-refractivity contribution >= 4 is 11.3 Å². The maximum atomic E-state index is 8.83. The smallest absolute Gasteiger partial charge is 0.173 e. The van der Waals surface area contributed by atoms with Gasteiger partial charge in [0.05, 0.1) is 6.10 Å². The summed E-state index contributed by atoms with van der Waals surface area (Å²) in [5, 5.41) is 11.6. The molecule has 1 aromatic heterocycles. The van der Waals surface area contributed by atoms with Gasteiger partial charge in [0.1, 0.15) is 6.61 Å². The summed E-state index contributed by atoms with van der Waals surface area (Å²) in [6.07, 6.45) is -0.387. The maximum Gasteiger partial charge on any atom is 0.173 e. The molecule has 0 aliphatic heterocycles. The molecule has 0 saturated heterocycles. The first-order valence-corrected chi connectivity index (χ1v) is 4.01. The Morgan fingerprint density at radius 2 is 2.60 bits per heavy atom. The Morgan fingerprint density at radius 1 is 1.80 bits per heavy atom. The van der Waals surface area contributed by atoms with E-state index in [2.05, 4.69) is 0 Å². The Morgan fingerprint density at radius 3 is 3.10 bits per heavy atom. The van der Waals surface area contributed by atoms with Crippen LogP contribution in [-0.4, -0.2) is 17.8 Å². The molecule has 1 heterocycles. The van der Waals surface area contributed by atoms with Crippen molar-refractivity contribution in [1.29, 1.82) is 0 Å². The SMILES string of the molecule is CC(O)COc1cccs1. The zero-order chi connectivity index (χ0) is 7.40. The van der Waals surface area contributed by atoms with Gasteiger partial charge in [-0.2, -0.15) is 0 Å². The Kier molecular flexibility index (Phi) is 2.71. The topological polar surface area (TPSA) is 29.5 Å². The first-order chi connectivity index (χ1) is 4.79. The summed E-state index contributed by atoms with van der Waals surface area (Å²) in [5.41, 5.74) is 0. The summed E-state index contributed by atoms with van der Waals surface area (Å²) in [4.78, 5) is 0. The highest BCUT2D eigenvalue weighted by atomic mass is 32.1. The number of aliphatic hydroxyl groups is 1. The van der Waals surface area contributed by atoms with Gasteiger partial charge in [0.25, 0.3) is 0 Å². The standard InChI is InChI=1S/C7H10O2S/c1-6(8)5-9-7-3-2-4-10-7/h2-4,6,8H,5H2,1H3. The summed E-state index contributed by atoms with van der Waals surface area (Å²) >= 11 is 1.53. The monoisotopic (exact) mass is 158 g/mol. The molecule has 1 unspecified atom stereocenters. The Bertz CT molecular complexity index is 170. The minimum atomic E-state index is -0.387. The predicted octanol–water partition coefficient (Wildman–Crippen LogP) is 1.51. The fraction of sp³-hybridized carbons (Fsp3) is 0.429. The molecule has 0 saturated carbocycles. The average Bonchev–Trinajstić information content (AvgIpc) is 2.34. The van der Waals surface area contributed by atoms with Gasteiger partial charge in [-0.25, -0.2) is 0 Å². The van der Waals surface area contributed by atoms with Crippen LogP contribution in [0, 0.1) is 0 Å². The molecule has 1 rings (SSSR count). The van der Waals surface area contributed by atoms with Crippen LogP contribution in [0.1, 0.15) is 6.92 Å². The van der Waals surface area contributed by atoms with Crippen LogP contribution in [0.5, 0.6) is 5.06 Å². The normalized spacial score (nSPS) is 13.0. The Labute approximate surface area is 64.1 Å². The third kappa shape index (κ3) is 2.37. The highest BCUT2D eigenvalue weighted by molar-refractivity contribution is 7.11. The van der Waals surface area contributed by atoms with Crippen LogP contribution in [-0.2, 0) is 0 Å². The third-order valence-electron chi connectivity index (χ3n) is 0.962. The van der Waals surface area contributed by atoms with E-state index in [4.69, 9.17) is 9.84 Å². The predicted molar refractivity (Wildman–Crippen MR) is 41.5 cm³/mol. The van der Waals surface area contributed by atoms with Crippen molar-refractivity contribution in [3.05, 3.63) is 17.5 Å². The molecule has 0 aliphatic rings. The fourth-order valence-electron chi connectivity index (χ4n) is 0.548. The van der Waals surface area contributed by atoms with Crippen molar-refractivity contribution in [2.75, 3.05) is 6.61 Å². The van der Waals surface area contributed by atoms with Crippen LogP contribution in [0.3, 0.4) is 0 Å². The number of thiophene rings is 1. The molecule has 0 fully saturated rings. The van der Waals surface area contributed by atoms with Gasteiger partial charge in [0.15, 0.2) is 5.06 Å². The lowest BCUT2D eigenvalue weighted by Gasteiger charge is -2.03. The van der Waals surface area contributed by atoms with E-state index >= 15 is 0 Å². The second kappa shape index (κ2) is 3.58. The summed E-state index contributed by atoms with van der Waals surface area (Å²) < 4.78 is 5.18. The van der Waals surface area contributed by atoms with Crippen LogP contribution in [0.25, 0.3) is 0 Å². The molecule has 1 aromatic rings. The van der Waals surface area contributed by atoms with Gasteiger partial charge in [-0.05, 0) is 24.4 Å². The maximum absolute atomic E-state index is 8.83. The van der Waals surface area contributed by atoms with Crippen molar-refractivity contribution in [3.63, 3.8) is 0 Å². The second-order valence-corrected chi connectivity index (χ2v) is 3.00. The molecular formula is C7H10O2S. The van der Waals surface area contributed by atoms with E-state index in [1.165, 1.54) is 11.3 Å². The van der Waals surface area contributed by atoms with Gasteiger partial charge in [0, 0.05) is 0 Å². The first-order valence-electron chi connectivity index (χ1n) is 3.13. The van der Waals surface area contributed by atoms with Crippen LogP contribution < -0.4 is 4.74 Å². The van der Waals surface area contributed by atoms with Crippen LogP contribution in [0.4, 0.5) is 0 Å². The zero-order valence-corrected chi connectivity index (χ0v) is 6.60. The van der Waals surface area contributed by atoms with Crippen LogP contribution >= 0.6 is 11.3 Å².